The molecule has 11 rings (SSSR count). The minimum absolute atomic E-state index is 1.11. The number of hydrogen-bond acceptors (Lipinski definition) is 1. The van der Waals surface area contributed by atoms with Crippen LogP contribution in [0.25, 0.3) is 81.7 Å². The van der Waals surface area contributed by atoms with E-state index in [1.165, 1.54) is 76.0 Å². The third kappa shape index (κ3) is 4.74. The van der Waals surface area contributed by atoms with E-state index in [1.807, 2.05) is 0 Å². The lowest BCUT2D eigenvalue weighted by Gasteiger charge is -2.26. The van der Waals surface area contributed by atoms with Gasteiger partial charge in [0.1, 0.15) is 0 Å². The lowest BCUT2D eigenvalue weighted by Crippen LogP contribution is -2.09. The second-order valence-electron chi connectivity index (χ2n) is 14.1. The molecular formula is C52H34N2. The van der Waals surface area contributed by atoms with Crippen molar-refractivity contribution in [1.82, 2.24) is 4.57 Å². The van der Waals surface area contributed by atoms with Gasteiger partial charge in [-0.15, -0.1) is 0 Å². The van der Waals surface area contributed by atoms with E-state index in [0.29, 0.717) is 0 Å². The van der Waals surface area contributed by atoms with Crippen molar-refractivity contribution in [1.29, 1.82) is 0 Å². The molecule has 54 heavy (non-hydrogen) atoms. The highest BCUT2D eigenvalue weighted by Gasteiger charge is 2.17. The quantitative estimate of drug-likeness (QED) is 0.164. The molecule has 2 heteroatoms. The minimum Gasteiger partial charge on any atom is -0.310 e. The molecule has 0 aliphatic rings. The van der Waals surface area contributed by atoms with Gasteiger partial charge in [0.25, 0.3) is 0 Å². The highest BCUT2D eigenvalue weighted by molar-refractivity contribution is 6.26. The molecule has 0 saturated carbocycles. The second kappa shape index (κ2) is 12.2. The van der Waals surface area contributed by atoms with Gasteiger partial charge < -0.3 is 9.47 Å². The van der Waals surface area contributed by atoms with Crippen molar-refractivity contribution in [3.63, 3.8) is 0 Å². The van der Waals surface area contributed by atoms with Crippen LogP contribution in [-0.2, 0) is 0 Å². The molecule has 0 amide bonds. The predicted octanol–water partition coefficient (Wildman–Crippen LogP) is 14.5. The summed E-state index contributed by atoms with van der Waals surface area (Å²) in [5.41, 5.74) is 9.34. The zero-order valence-corrected chi connectivity index (χ0v) is 29.5. The maximum Gasteiger partial charge on any atom is 0.0547 e. The van der Waals surface area contributed by atoms with Crippen LogP contribution in [0.1, 0.15) is 0 Å². The molecule has 2 nitrogen and oxygen atoms in total. The Morgan fingerprint density at radius 3 is 1.48 bits per heavy atom. The Bertz CT molecular complexity index is 3160. The van der Waals surface area contributed by atoms with Crippen LogP contribution in [0.3, 0.4) is 0 Å². The third-order valence-electron chi connectivity index (χ3n) is 11.1. The van der Waals surface area contributed by atoms with Gasteiger partial charge in [-0.1, -0.05) is 146 Å². The van der Waals surface area contributed by atoms with Crippen molar-refractivity contribution in [3.8, 4) is 16.8 Å². The summed E-state index contributed by atoms with van der Waals surface area (Å²) in [6.07, 6.45) is 0. The number of anilines is 3. The van der Waals surface area contributed by atoms with E-state index < -0.39 is 0 Å². The van der Waals surface area contributed by atoms with Crippen molar-refractivity contribution in [3.05, 3.63) is 206 Å². The maximum absolute atomic E-state index is 2.40. The van der Waals surface area contributed by atoms with E-state index in [4.69, 9.17) is 0 Å². The van der Waals surface area contributed by atoms with Gasteiger partial charge in [-0.05, 0) is 115 Å². The van der Waals surface area contributed by atoms with Crippen LogP contribution in [0.15, 0.2) is 206 Å². The highest BCUT2D eigenvalue weighted by atomic mass is 15.1. The van der Waals surface area contributed by atoms with Gasteiger partial charge in [0.2, 0.25) is 0 Å². The predicted molar refractivity (Wildman–Crippen MR) is 231 cm³/mol. The maximum atomic E-state index is 2.40. The summed E-state index contributed by atoms with van der Waals surface area (Å²) in [4.78, 5) is 2.36. The molecule has 1 heterocycles. The van der Waals surface area contributed by atoms with Gasteiger partial charge in [-0.2, -0.15) is 0 Å². The van der Waals surface area contributed by atoms with Crippen LogP contribution < -0.4 is 4.90 Å². The highest BCUT2D eigenvalue weighted by Crippen LogP contribution is 2.42. The number of para-hydroxylation sites is 2. The number of hydrogen-bond donors (Lipinski definition) is 0. The number of aromatic nitrogens is 1. The number of nitrogens with zero attached hydrogens (tertiary/aromatic N) is 2. The Morgan fingerprint density at radius 2 is 0.796 bits per heavy atom. The van der Waals surface area contributed by atoms with Crippen LogP contribution in [0.2, 0.25) is 0 Å². The minimum atomic E-state index is 1.11. The molecule has 0 unspecified atom stereocenters. The first-order chi connectivity index (χ1) is 26.8. The first-order valence-corrected chi connectivity index (χ1v) is 18.6. The largest absolute Gasteiger partial charge is 0.310 e. The SMILES string of the molecule is c1ccc(N(c2ccc(-c3ccc(-n4c5ccccc5c5c6ccccc6ccc54)cc3)cc2)c2ccc3c4ccccc4c4ccccc4c3c2)cc1. The van der Waals surface area contributed by atoms with Crippen molar-refractivity contribution in [2.75, 3.05) is 4.90 Å². The van der Waals surface area contributed by atoms with Crippen LogP contribution in [0.4, 0.5) is 17.1 Å². The molecule has 0 saturated heterocycles. The Labute approximate surface area is 313 Å². The van der Waals surface area contributed by atoms with Gasteiger partial charge >= 0.3 is 0 Å². The van der Waals surface area contributed by atoms with E-state index in [-0.39, 0.29) is 0 Å². The van der Waals surface area contributed by atoms with E-state index in [1.54, 1.807) is 0 Å². The molecule has 0 fully saturated rings. The van der Waals surface area contributed by atoms with Gasteiger partial charge in [0.05, 0.1) is 11.0 Å². The molecule has 0 N–H and O–H groups in total. The Kier molecular flexibility index (Phi) is 6.90. The summed E-state index contributed by atoms with van der Waals surface area (Å²) in [5.74, 6) is 0. The Balaban J connectivity index is 0.990. The van der Waals surface area contributed by atoms with Crippen LogP contribution in [0.5, 0.6) is 0 Å². The van der Waals surface area contributed by atoms with E-state index >= 15 is 0 Å². The zero-order chi connectivity index (χ0) is 35.6. The van der Waals surface area contributed by atoms with Gasteiger partial charge in [-0.3, -0.25) is 0 Å². The molecule has 0 radical (unpaired) electrons. The number of benzene rings is 10. The van der Waals surface area contributed by atoms with E-state index in [0.717, 1.165) is 22.7 Å². The average molecular weight is 687 g/mol. The molecule has 0 atom stereocenters. The van der Waals surface area contributed by atoms with E-state index in [9.17, 15) is 0 Å². The van der Waals surface area contributed by atoms with Crippen molar-refractivity contribution in [2.45, 2.75) is 0 Å². The zero-order valence-electron chi connectivity index (χ0n) is 29.5. The Morgan fingerprint density at radius 1 is 0.296 bits per heavy atom. The van der Waals surface area contributed by atoms with Gasteiger partial charge in [-0.25, -0.2) is 0 Å². The van der Waals surface area contributed by atoms with Crippen LogP contribution in [-0.4, -0.2) is 4.57 Å². The third-order valence-corrected chi connectivity index (χ3v) is 11.1. The fraction of sp³-hybridized carbons (Fsp3) is 0. The van der Waals surface area contributed by atoms with Crippen molar-refractivity contribution >= 4 is 82.0 Å². The summed E-state index contributed by atoms with van der Waals surface area (Å²) >= 11 is 0. The number of fused-ring (bicyclic) bond motifs is 11. The van der Waals surface area contributed by atoms with Gasteiger partial charge in [0.15, 0.2) is 0 Å². The lowest BCUT2D eigenvalue weighted by atomic mass is 9.94. The first-order valence-electron chi connectivity index (χ1n) is 18.6. The lowest BCUT2D eigenvalue weighted by molar-refractivity contribution is 1.18. The normalized spacial score (nSPS) is 11.7. The second-order valence-corrected chi connectivity index (χ2v) is 14.1. The van der Waals surface area contributed by atoms with Gasteiger partial charge in [0, 0.05) is 33.5 Å². The standard InChI is InChI=1S/C52H34N2/c1-2-13-38(14-3-1)53(41-31-32-47-45-18-7-6-16-43(45)44-17-8-9-19-46(44)49(47)34-41)39-27-22-35(23-28-39)36-24-29-40(30-25-36)54-50-21-11-10-20-48(50)52-42-15-5-4-12-37(42)26-33-51(52)54/h1-34H. The summed E-state index contributed by atoms with van der Waals surface area (Å²) in [5, 5.41) is 12.8. The van der Waals surface area contributed by atoms with Crippen LogP contribution >= 0.6 is 0 Å². The molecule has 0 aliphatic carbocycles. The summed E-state index contributed by atoms with van der Waals surface area (Å²) in [7, 11) is 0. The van der Waals surface area contributed by atoms with E-state index in [2.05, 4.69) is 216 Å². The topological polar surface area (TPSA) is 8.17 Å². The molecular weight excluding hydrogens is 653 g/mol. The molecule has 0 spiro atoms. The Hall–Kier alpha value is -7.16. The summed E-state index contributed by atoms with van der Waals surface area (Å²) in [6, 6.07) is 75.1. The molecule has 11 aromatic rings. The smallest absolute Gasteiger partial charge is 0.0547 e. The van der Waals surface area contributed by atoms with Crippen molar-refractivity contribution in [2.24, 2.45) is 0 Å². The monoisotopic (exact) mass is 686 g/mol. The summed E-state index contributed by atoms with van der Waals surface area (Å²) < 4.78 is 2.40. The molecule has 1 aromatic heterocycles. The molecule has 10 aromatic carbocycles. The number of rotatable bonds is 5. The average Bonchev–Trinajstić information content (AvgIpc) is 3.59. The molecule has 252 valence electrons. The fourth-order valence-corrected chi connectivity index (χ4v) is 8.68. The molecule has 0 aliphatic heterocycles. The first kappa shape index (κ1) is 30.5. The van der Waals surface area contributed by atoms with Crippen molar-refractivity contribution < 1.29 is 0 Å². The fourth-order valence-electron chi connectivity index (χ4n) is 8.68. The summed E-state index contributed by atoms with van der Waals surface area (Å²) in [6.45, 7) is 0. The molecule has 0 bridgehead atoms. The van der Waals surface area contributed by atoms with Crippen LogP contribution in [0, 0.1) is 0 Å².